The predicted molar refractivity (Wildman–Crippen MR) is 85.6 cm³/mol. The van der Waals surface area contributed by atoms with Crippen molar-refractivity contribution < 1.29 is 18.7 Å². The quantitative estimate of drug-likeness (QED) is 0.772. The van der Waals surface area contributed by atoms with Gasteiger partial charge in [-0.1, -0.05) is 0 Å². The van der Waals surface area contributed by atoms with Crippen molar-refractivity contribution in [1.82, 2.24) is 14.3 Å². The SMILES string of the molecule is Cn1cc2c3cc(C(=O)O)ccc3n(C3CCC(F)(F)CC3)c2n1. The maximum Gasteiger partial charge on any atom is 0.335 e. The molecule has 0 saturated heterocycles. The third-order valence-corrected chi connectivity index (χ3v) is 4.88. The largest absolute Gasteiger partial charge is 0.478 e. The second kappa shape index (κ2) is 5.03. The second-order valence-corrected chi connectivity index (χ2v) is 6.53. The third-order valence-electron chi connectivity index (χ3n) is 4.88. The summed E-state index contributed by atoms with van der Waals surface area (Å²) in [5.74, 6) is -3.57. The summed E-state index contributed by atoms with van der Waals surface area (Å²) in [5.41, 5.74) is 1.79. The molecule has 2 heterocycles. The van der Waals surface area contributed by atoms with Crippen LogP contribution < -0.4 is 0 Å². The van der Waals surface area contributed by atoms with E-state index in [0.717, 1.165) is 21.9 Å². The van der Waals surface area contributed by atoms with E-state index in [0.29, 0.717) is 12.8 Å². The van der Waals surface area contributed by atoms with Gasteiger partial charge in [-0.15, -0.1) is 0 Å². The molecule has 0 atom stereocenters. The van der Waals surface area contributed by atoms with E-state index in [1.807, 2.05) is 10.8 Å². The Bertz CT molecular complexity index is 948. The van der Waals surface area contributed by atoms with E-state index >= 15 is 0 Å². The van der Waals surface area contributed by atoms with E-state index in [9.17, 15) is 18.7 Å². The molecule has 1 N–H and O–H groups in total. The van der Waals surface area contributed by atoms with Crippen LogP contribution in [0.25, 0.3) is 21.9 Å². The Morgan fingerprint density at radius 1 is 1.29 bits per heavy atom. The van der Waals surface area contributed by atoms with Gasteiger partial charge in [-0.2, -0.15) is 5.10 Å². The molecule has 1 aliphatic rings. The summed E-state index contributed by atoms with van der Waals surface area (Å²) in [6, 6.07) is 4.90. The minimum atomic E-state index is -2.58. The molecule has 4 rings (SSSR count). The molecule has 7 heteroatoms. The van der Waals surface area contributed by atoms with E-state index in [1.54, 1.807) is 29.9 Å². The number of alkyl halides is 2. The molecule has 126 valence electrons. The van der Waals surface area contributed by atoms with Crippen LogP contribution in [-0.4, -0.2) is 31.3 Å². The van der Waals surface area contributed by atoms with Gasteiger partial charge in [-0.25, -0.2) is 13.6 Å². The van der Waals surface area contributed by atoms with Crippen molar-refractivity contribution in [3.05, 3.63) is 30.0 Å². The van der Waals surface area contributed by atoms with E-state index in [1.165, 1.54) is 0 Å². The molecule has 0 amide bonds. The van der Waals surface area contributed by atoms with Gasteiger partial charge in [0.05, 0.1) is 11.1 Å². The predicted octanol–water partition coefficient (Wildman–Crippen LogP) is 3.98. The number of aromatic carboxylic acids is 1. The van der Waals surface area contributed by atoms with Gasteiger partial charge in [0.1, 0.15) is 0 Å². The lowest BCUT2D eigenvalue weighted by atomic mass is 9.92. The number of halogens is 2. The molecular weight excluding hydrogens is 316 g/mol. The molecule has 1 aliphatic carbocycles. The number of carboxylic acids is 1. The molecule has 24 heavy (non-hydrogen) atoms. The van der Waals surface area contributed by atoms with Crippen LogP contribution in [0.5, 0.6) is 0 Å². The van der Waals surface area contributed by atoms with Crippen LogP contribution in [0.15, 0.2) is 24.4 Å². The van der Waals surface area contributed by atoms with Gasteiger partial charge in [0.2, 0.25) is 5.92 Å². The molecule has 0 radical (unpaired) electrons. The van der Waals surface area contributed by atoms with Gasteiger partial charge >= 0.3 is 5.97 Å². The van der Waals surface area contributed by atoms with E-state index < -0.39 is 11.9 Å². The summed E-state index contributed by atoms with van der Waals surface area (Å²) in [6.07, 6.45) is 2.38. The number of aromatic nitrogens is 3. The number of carbonyl (C=O) groups is 1. The molecule has 0 aliphatic heterocycles. The molecule has 1 fully saturated rings. The summed E-state index contributed by atoms with van der Waals surface area (Å²) >= 11 is 0. The van der Waals surface area contributed by atoms with Gasteiger partial charge in [0, 0.05) is 42.9 Å². The number of fused-ring (bicyclic) bond motifs is 3. The van der Waals surface area contributed by atoms with Crippen molar-refractivity contribution in [3.63, 3.8) is 0 Å². The van der Waals surface area contributed by atoms with Crippen LogP contribution >= 0.6 is 0 Å². The summed E-state index contributed by atoms with van der Waals surface area (Å²) in [5, 5.41) is 15.4. The van der Waals surface area contributed by atoms with Crippen LogP contribution in [0, 0.1) is 0 Å². The van der Waals surface area contributed by atoms with Crippen LogP contribution in [0.4, 0.5) is 8.78 Å². The average molecular weight is 333 g/mol. The van der Waals surface area contributed by atoms with Gasteiger partial charge in [0.25, 0.3) is 0 Å². The second-order valence-electron chi connectivity index (χ2n) is 6.53. The van der Waals surface area contributed by atoms with Gasteiger partial charge in [-0.3, -0.25) is 4.68 Å². The molecular formula is C17H17F2N3O2. The Morgan fingerprint density at radius 3 is 2.67 bits per heavy atom. The normalized spacial score (nSPS) is 18.5. The minimum absolute atomic E-state index is 0.0461. The zero-order valence-corrected chi connectivity index (χ0v) is 13.2. The Morgan fingerprint density at radius 2 is 2.00 bits per heavy atom. The number of benzene rings is 1. The lowest BCUT2D eigenvalue weighted by Crippen LogP contribution is -2.26. The van der Waals surface area contributed by atoms with Gasteiger partial charge < -0.3 is 9.67 Å². The molecule has 5 nitrogen and oxygen atoms in total. The smallest absolute Gasteiger partial charge is 0.335 e. The van der Waals surface area contributed by atoms with Crippen molar-refractivity contribution >= 4 is 27.9 Å². The van der Waals surface area contributed by atoms with Crippen molar-refractivity contribution in [2.75, 3.05) is 0 Å². The molecule has 0 unspecified atom stereocenters. The molecule has 3 aromatic rings. The third kappa shape index (κ3) is 2.26. The fourth-order valence-electron chi connectivity index (χ4n) is 3.71. The first kappa shape index (κ1) is 15.1. The first-order chi connectivity index (χ1) is 11.4. The Hall–Kier alpha value is -2.44. The minimum Gasteiger partial charge on any atom is -0.478 e. The van der Waals surface area contributed by atoms with Crippen LogP contribution in [0.1, 0.15) is 42.1 Å². The number of rotatable bonds is 2. The lowest BCUT2D eigenvalue weighted by Gasteiger charge is -2.29. The lowest BCUT2D eigenvalue weighted by molar-refractivity contribution is -0.0433. The van der Waals surface area contributed by atoms with Crippen LogP contribution in [0.2, 0.25) is 0 Å². The highest BCUT2D eigenvalue weighted by Gasteiger charge is 2.36. The van der Waals surface area contributed by atoms with Gasteiger partial charge in [0.15, 0.2) is 5.65 Å². The summed E-state index contributed by atoms with van der Waals surface area (Å²) in [6.45, 7) is 0. The standard InChI is InChI=1S/C17H17F2N3O2/c1-21-9-13-12-8-10(16(23)24)2-3-14(12)22(15(13)20-21)11-4-6-17(18,19)7-5-11/h2-3,8-9,11H,4-7H2,1H3,(H,23,24). The van der Waals surface area contributed by atoms with Crippen molar-refractivity contribution in [2.45, 2.75) is 37.6 Å². The number of aryl methyl sites for hydroxylation is 1. The molecule has 2 aromatic heterocycles. The monoisotopic (exact) mass is 333 g/mol. The number of hydrogen-bond donors (Lipinski definition) is 1. The molecule has 0 bridgehead atoms. The maximum atomic E-state index is 13.5. The first-order valence-corrected chi connectivity index (χ1v) is 7.94. The van der Waals surface area contributed by atoms with E-state index in [2.05, 4.69) is 5.10 Å². The van der Waals surface area contributed by atoms with Crippen LogP contribution in [0.3, 0.4) is 0 Å². The average Bonchev–Trinajstić information content (AvgIpc) is 3.02. The number of hydrogen-bond acceptors (Lipinski definition) is 2. The summed E-state index contributed by atoms with van der Waals surface area (Å²) in [7, 11) is 1.80. The highest BCUT2D eigenvalue weighted by Crippen LogP contribution is 2.42. The van der Waals surface area contributed by atoms with Crippen molar-refractivity contribution in [3.8, 4) is 0 Å². The van der Waals surface area contributed by atoms with E-state index in [4.69, 9.17) is 0 Å². The summed E-state index contributed by atoms with van der Waals surface area (Å²) < 4.78 is 30.7. The Balaban J connectivity index is 1.91. The zero-order valence-electron chi connectivity index (χ0n) is 13.2. The van der Waals surface area contributed by atoms with Crippen molar-refractivity contribution in [1.29, 1.82) is 0 Å². The zero-order chi connectivity index (χ0) is 17.1. The topological polar surface area (TPSA) is 60.1 Å². The number of carboxylic acid groups (broad SMARTS) is 1. The molecule has 0 spiro atoms. The molecule has 1 saturated carbocycles. The van der Waals surface area contributed by atoms with Crippen LogP contribution in [-0.2, 0) is 7.05 Å². The van der Waals surface area contributed by atoms with E-state index in [-0.39, 0.29) is 24.4 Å². The Kier molecular flexibility index (Phi) is 3.16. The summed E-state index contributed by atoms with van der Waals surface area (Å²) in [4.78, 5) is 11.3. The number of nitrogens with zero attached hydrogens (tertiary/aromatic N) is 3. The van der Waals surface area contributed by atoms with Crippen molar-refractivity contribution in [2.24, 2.45) is 7.05 Å². The fourth-order valence-corrected chi connectivity index (χ4v) is 3.71. The molecule has 1 aromatic carbocycles. The van der Waals surface area contributed by atoms with Gasteiger partial charge in [-0.05, 0) is 31.0 Å². The highest BCUT2D eigenvalue weighted by molar-refractivity contribution is 6.08. The Labute approximate surface area is 136 Å². The highest BCUT2D eigenvalue weighted by atomic mass is 19.3. The first-order valence-electron chi connectivity index (χ1n) is 7.94. The maximum absolute atomic E-state index is 13.5. The fraction of sp³-hybridized carbons (Fsp3) is 0.412.